The van der Waals surface area contributed by atoms with Crippen LogP contribution in [0.4, 0.5) is 0 Å². The predicted octanol–water partition coefficient (Wildman–Crippen LogP) is 1.36. The molecule has 1 atom stereocenters. The molecule has 0 aliphatic carbocycles. The van der Waals surface area contributed by atoms with E-state index in [1.54, 1.807) is 0 Å². The first-order valence-corrected chi connectivity index (χ1v) is 6.17. The average molecular weight is 211 g/mol. The third-order valence-corrected chi connectivity index (χ3v) is 4.01. The van der Waals surface area contributed by atoms with Crippen molar-refractivity contribution in [2.24, 2.45) is 7.05 Å². The van der Waals surface area contributed by atoms with Crippen LogP contribution < -0.4 is 0 Å². The highest BCUT2D eigenvalue weighted by molar-refractivity contribution is 7.99. The normalized spacial score (nSPS) is 22.1. The van der Waals surface area contributed by atoms with Gasteiger partial charge in [0, 0.05) is 31.6 Å². The van der Waals surface area contributed by atoms with E-state index in [-0.39, 0.29) is 0 Å². The second-order valence-corrected chi connectivity index (χ2v) is 5.03. The molecule has 2 heterocycles. The van der Waals surface area contributed by atoms with E-state index in [1.807, 2.05) is 17.9 Å². The quantitative estimate of drug-likeness (QED) is 0.753. The molecule has 0 bridgehead atoms. The second kappa shape index (κ2) is 4.36. The minimum Gasteiger partial charge on any atom is -0.297 e. The van der Waals surface area contributed by atoms with Crippen molar-refractivity contribution in [3.63, 3.8) is 0 Å². The monoisotopic (exact) mass is 211 g/mol. The highest BCUT2D eigenvalue weighted by Crippen LogP contribution is 2.22. The fraction of sp³-hybridized carbons (Fsp3) is 0.700. The van der Waals surface area contributed by atoms with Gasteiger partial charge in [-0.3, -0.25) is 9.58 Å². The molecule has 78 valence electrons. The van der Waals surface area contributed by atoms with Gasteiger partial charge >= 0.3 is 0 Å². The van der Waals surface area contributed by atoms with Gasteiger partial charge in [0.15, 0.2) is 0 Å². The molecule has 0 aromatic carbocycles. The van der Waals surface area contributed by atoms with Gasteiger partial charge < -0.3 is 0 Å². The van der Waals surface area contributed by atoms with Crippen LogP contribution in [0.1, 0.15) is 12.1 Å². The maximum Gasteiger partial charge on any atom is 0.0521 e. The molecule has 1 unspecified atom stereocenters. The number of aromatic nitrogens is 2. The van der Waals surface area contributed by atoms with Crippen molar-refractivity contribution in [3.8, 4) is 0 Å². The van der Waals surface area contributed by atoms with Crippen molar-refractivity contribution in [1.29, 1.82) is 0 Å². The molecular weight excluding hydrogens is 194 g/mol. The SMILES string of the molecule is CN(Cc1ccnn1C)C1CCSC1. The Bertz CT molecular complexity index is 291. The first-order chi connectivity index (χ1) is 6.77. The topological polar surface area (TPSA) is 21.1 Å². The van der Waals surface area contributed by atoms with Crippen LogP contribution in [0.2, 0.25) is 0 Å². The van der Waals surface area contributed by atoms with Gasteiger partial charge in [-0.15, -0.1) is 0 Å². The highest BCUT2D eigenvalue weighted by Gasteiger charge is 2.20. The fourth-order valence-corrected chi connectivity index (χ4v) is 3.11. The smallest absolute Gasteiger partial charge is 0.0521 e. The summed E-state index contributed by atoms with van der Waals surface area (Å²) in [4.78, 5) is 2.44. The van der Waals surface area contributed by atoms with Crippen LogP contribution in [-0.4, -0.2) is 39.3 Å². The summed E-state index contributed by atoms with van der Waals surface area (Å²) in [5.41, 5.74) is 1.30. The molecule has 0 saturated carbocycles. The molecule has 4 heteroatoms. The zero-order chi connectivity index (χ0) is 9.97. The van der Waals surface area contributed by atoms with Crippen molar-refractivity contribution in [3.05, 3.63) is 18.0 Å². The van der Waals surface area contributed by atoms with Crippen molar-refractivity contribution >= 4 is 11.8 Å². The number of rotatable bonds is 3. The third-order valence-electron chi connectivity index (χ3n) is 2.86. The summed E-state index contributed by atoms with van der Waals surface area (Å²) in [6.07, 6.45) is 3.20. The molecule has 1 aromatic heterocycles. The van der Waals surface area contributed by atoms with Gasteiger partial charge in [0.05, 0.1) is 5.69 Å². The molecule has 1 aliphatic heterocycles. The van der Waals surface area contributed by atoms with Crippen LogP contribution in [0.15, 0.2) is 12.3 Å². The van der Waals surface area contributed by atoms with Gasteiger partial charge in [-0.1, -0.05) is 0 Å². The predicted molar refractivity (Wildman–Crippen MR) is 60.4 cm³/mol. The van der Waals surface area contributed by atoms with Crippen molar-refractivity contribution in [2.75, 3.05) is 18.6 Å². The minimum atomic E-state index is 0.759. The summed E-state index contributed by atoms with van der Waals surface area (Å²) in [5, 5.41) is 4.18. The summed E-state index contributed by atoms with van der Waals surface area (Å²) >= 11 is 2.06. The summed E-state index contributed by atoms with van der Waals surface area (Å²) in [6, 6.07) is 2.85. The van der Waals surface area contributed by atoms with Gasteiger partial charge in [-0.2, -0.15) is 16.9 Å². The van der Waals surface area contributed by atoms with Gasteiger partial charge in [0.1, 0.15) is 0 Å². The average Bonchev–Trinajstić information content (AvgIpc) is 2.77. The Kier molecular flexibility index (Phi) is 3.13. The van der Waals surface area contributed by atoms with Crippen LogP contribution in [0, 0.1) is 0 Å². The Morgan fingerprint density at radius 3 is 3.14 bits per heavy atom. The lowest BCUT2D eigenvalue weighted by atomic mass is 10.2. The first-order valence-electron chi connectivity index (χ1n) is 5.02. The zero-order valence-electron chi connectivity index (χ0n) is 8.81. The van der Waals surface area contributed by atoms with E-state index < -0.39 is 0 Å². The lowest BCUT2D eigenvalue weighted by molar-refractivity contribution is 0.248. The molecule has 1 aromatic rings. The van der Waals surface area contributed by atoms with E-state index in [1.165, 1.54) is 23.6 Å². The minimum absolute atomic E-state index is 0.759. The highest BCUT2D eigenvalue weighted by atomic mass is 32.2. The largest absolute Gasteiger partial charge is 0.297 e. The van der Waals surface area contributed by atoms with Crippen LogP contribution in [0.5, 0.6) is 0 Å². The Morgan fingerprint density at radius 2 is 2.57 bits per heavy atom. The molecule has 1 fully saturated rings. The number of thioether (sulfide) groups is 1. The van der Waals surface area contributed by atoms with Crippen LogP contribution in [0.3, 0.4) is 0 Å². The Balaban J connectivity index is 1.93. The van der Waals surface area contributed by atoms with E-state index in [0.717, 1.165) is 12.6 Å². The molecular formula is C10H17N3S. The van der Waals surface area contributed by atoms with E-state index in [9.17, 15) is 0 Å². The maximum atomic E-state index is 4.18. The summed E-state index contributed by atoms with van der Waals surface area (Å²) in [7, 11) is 4.22. The van der Waals surface area contributed by atoms with Gasteiger partial charge in [-0.05, 0) is 25.3 Å². The van der Waals surface area contributed by atoms with E-state index in [0.29, 0.717) is 0 Å². The van der Waals surface area contributed by atoms with Gasteiger partial charge in [-0.25, -0.2) is 0 Å². The van der Waals surface area contributed by atoms with Crippen molar-refractivity contribution in [2.45, 2.75) is 19.0 Å². The van der Waals surface area contributed by atoms with E-state index in [2.05, 4.69) is 34.9 Å². The second-order valence-electron chi connectivity index (χ2n) is 3.88. The van der Waals surface area contributed by atoms with E-state index >= 15 is 0 Å². The molecule has 1 aliphatic rings. The molecule has 3 nitrogen and oxygen atoms in total. The Morgan fingerprint density at radius 1 is 1.71 bits per heavy atom. The summed E-state index contributed by atoms with van der Waals surface area (Å²) < 4.78 is 1.96. The molecule has 0 radical (unpaired) electrons. The number of hydrogen-bond acceptors (Lipinski definition) is 3. The van der Waals surface area contributed by atoms with Crippen LogP contribution in [-0.2, 0) is 13.6 Å². The zero-order valence-corrected chi connectivity index (χ0v) is 9.63. The Hall–Kier alpha value is -0.480. The third kappa shape index (κ3) is 2.12. The molecule has 0 amide bonds. The summed E-state index contributed by atoms with van der Waals surface area (Å²) in [6.45, 7) is 1.02. The lowest BCUT2D eigenvalue weighted by Crippen LogP contribution is -2.31. The first kappa shape index (κ1) is 10.1. The number of nitrogens with zero attached hydrogens (tertiary/aromatic N) is 3. The maximum absolute atomic E-state index is 4.18. The fourth-order valence-electron chi connectivity index (χ4n) is 1.81. The molecule has 1 saturated heterocycles. The molecule has 0 N–H and O–H groups in total. The lowest BCUT2D eigenvalue weighted by Gasteiger charge is -2.23. The number of aryl methyl sites for hydroxylation is 1. The van der Waals surface area contributed by atoms with Crippen LogP contribution in [0.25, 0.3) is 0 Å². The molecule has 14 heavy (non-hydrogen) atoms. The van der Waals surface area contributed by atoms with Crippen LogP contribution >= 0.6 is 11.8 Å². The molecule has 0 spiro atoms. The van der Waals surface area contributed by atoms with E-state index in [4.69, 9.17) is 0 Å². The van der Waals surface area contributed by atoms with Gasteiger partial charge in [0.2, 0.25) is 0 Å². The standard InChI is InChI=1S/C10H17N3S/c1-12(10-4-6-14-8-10)7-9-3-5-11-13(9)2/h3,5,10H,4,6-8H2,1-2H3. The Labute approximate surface area is 89.5 Å². The van der Waals surface area contributed by atoms with Gasteiger partial charge in [0.25, 0.3) is 0 Å². The molecule has 2 rings (SSSR count). The van der Waals surface area contributed by atoms with Crippen molar-refractivity contribution < 1.29 is 0 Å². The van der Waals surface area contributed by atoms with Crippen molar-refractivity contribution in [1.82, 2.24) is 14.7 Å². The summed E-state index contributed by atoms with van der Waals surface area (Å²) in [5.74, 6) is 2.61. The number of hydrogen-bond donors (Lipinski definition) is 0.